The van der Waals surface area contributed by atoms with Gasteiger partial charge in [-0.15, -0.1) is 0 Å². The molecule has 0 aliphatic carbocycles. The Hall–Kier alpha value is -0.940. The lowest BCUT2D eigenvalue weighted by atomic mass is 10.1. The van der Waals surface area contributed by atoms with Gasteiger partial charge in [-0.2, -0.15) is 0 Å². The third kappa shape index (κ3) is 2.57. The summed E-state index contributed by atoms with van der Waals surface area (Å²) in [6.07, 6.45) is 2.25. The molecule has 2 heterocycles. The number of rotatable bonds is 2. The Kier molecular flexibility index (Phi) is 3.61. The average Bonchev–Trinajstić information content (AvgIpc) is 2.41. The molecule has 1 aromatic rings. The second-order valence-corrected chi connectivity index (χ2v) is 5.39. The van der Waals surface area contributed by atoms with Crippen molar-refractivity contribution in [3.8, 4) is 11.5 Å². The van der Waals surface area contributed by atoms with Gasteiger partial charge in [0.15, 0.2) is 11.5 Å². The maximum Gasteiger partial charge on any atom is 0.163 e. The zero-order valence-corrected chi connectivity index (χ0v) is 11.7. The fourth-order valence-electron chi connectivity index (χ4n) is 2.25. The van der Waals surface area contributed by atoms with Gasteiger partial charge in [-0.25, -0.2) is 0 Å². The first-order chi connectivity index (χ1) is 8.83. The molecule has 2 aliphatic heterocycles. The quantitative estimate of drug-likeness (QED) is 0.911. The van der Waals surface area contributed by atoms with E-state index in [1.807, 2.05) is 12.1 Å². The van der Waals surface area contributed by atoms with Crippen LogP contribution < -0.4 is 14.8 Å². The second kappa shape index (κ2) is 5.36. The third-order valence-corrected chi connectivity index (χ3v) is 3.81. The first-order valence-electron chi connectivity index (χ1n) is 6.26. The molecule has 1 atom stereocenters. The predicted molar refractivity (Wildman–Crippen MR) is 72.6 cm³/mol. The zero-order valence-electron chi connectivity index (χ0n) is 10.1. The van der Waals surface area contributed by atoms with Gasteiger partial charge in [0.25, 0.3) is 0 Å². The molecule has 1 aromatic carbocycles. The largest absolute Gasteiger partial charge is 0.486 e. The molecule has 98 valence electrons. The van der Waals surface area contributed by atoms with Crippen LogP contribution in [0.1, 0.15) is 12.8 Å². The average molecular weight is 314 g/mol. The minimum Gasteiger partial charge on any atom is -0.486 e. The molecule has 1 N–H and O–H groups in total. The van der Waals surface area contributed by atoms with Crippen LogP contribution in [0.2, 0.25) is 0 Å². The molecule has 0 saturated carbocycles. The highest BCUT2D eigenvalue weighted by molar-refractivity contribution is 9.10. The fourth-order valence-corrected chi connectivity index (χ4v) is 2.69. The van der Waals surface area contributed by atoms with Crippen molar-refractivity contribution in [2.45, 2.75) is 18.9 Å². The van der Waals surface area contributed by atoms with Crippen LogP contribution in [-0.4, -0.2) is 32.5 Å². The summed E-state index contributed by atoms with van der Waals surface area (Å²) in [5.74, 6) is 1.61. The van der Waals surface area contributed by atoms with Gasteiger partial charge in [-0.05, 0) is 28.8 Å². The summed E-state index contributed by atoms with van der Waals surface area (Å²) < 4.78 is 17.6. The smallest absolute Gasteiger partial charge is 0.163 e. The van der Waals surface area contributed by atoms with Gasteiger partial charge in [-0.1, -0.05) is 0 Å². The van der Waals surface area contributed by atoms with Crippen molar-refractivity contribution in [3.63, 3.8) is 0 Å². The van der Waals surface area contributed by atoms with E-state index >= 15 is 0 Å². The Labute approximate surface area is 115 Å². The Morgan fingerprint density at radius 3 is 2.61 bits per heavy atom. The molecule has 2 aliphatic rings. The van der Waals surface area contributed by atoms with Crippen LogP contribution in [0, 0.1) is 0 Å². The van der Waals surface area contributed by atoms with Gasteiger partial charge in [0.05, 0.1) is 12.3 Å². The molecule has 18 heavy (non-hydrogen) atoms. The number of fused-ring (bicyclic) bond motifs is 1. The molecule has 5 heteroatoms. The van der Waals surface area contributed by atoms with Crippen LogP contribution in [-0.2, 0) is 4.74 Å². The Balaban J connectivity index is 1.78. The molecule has 0 amide bonds. The van der Waals surface area contributed by atoms with Crippen LogP contribution in [0.25, 0.3) is 0 Å². The van der Waals surface area contributed by atoms with Crippen molar-refractivity contribution in [2.75, 3.05) is 31.7 Å². The first kappa shape index (κ1) is 12.1. The summed E-state index contributed by atoms with van der Waals surface area (Å²) in [4.78, 5) is 0. The molecule has 4 nitrogen and oxygen atoms in total. The number of hydrogen-bond donors (Lipinski definition) is 1. The van der Waals surface area contributed by atoms with E-state index in [-0.39, 0.29) is 0 Å². The van der Waals surface area contributed by atoms with Crippen LogP contribution in [0.4, 0.5) is 5.69 Å². The Morgan fingerprint density at radius 2 is 1.89 bits per heavy atom. The van der Waals surface area contributed by atoms with E-state index in [1.54, 1.807) is 0 Å². The minimum absolute atomic E-state index is 0.373. The van der Waals surface area contributed by atoms with Gasteiger partial charge in [0, 0.05) is 29.3 Å². The van der Waals surface area contributed by atoms with Crippen LogP contribution >= 0.6 is 15.9 Å². The summed E-state index contributed by atoms with van der Waals surface area (Å²) in [6, 6.07) is 4.32. The molecule has 0 aromatic heterocycles. The molecule has 1 unspecified atom stereocenters. The molecule has 3 rings (SSSR count). The number of hydrogen-bond acceptors (Lipinski definition) is 4. The highest BCUT2D eigenvalue weighted by atomic mass is 79.9. The minimum atomic E-state index is 0.373. The lowest BCUT2D eigenvalue weighted by Gasteiger charge is -2.26. The second-order valence-electron chi connectivity index (χ2n) is 4.53. The summed E-state index contributed by atoms with van der Waals surface area (Å²) in [6.45, 7) is 2.87. The van der Waals surface area contributed by atoms with Gasteiger partial charge in [-0.3, -0.25) is 0 Å². The molecule has 0 bridgehead atoms. The predicted octanol–water partition coefficient (Wildman–Crippen LogP) is 2.81. The monoisotopic (exact) mass is 313 g/mol. The van der Waals surface area contributed by atoms with Gasteiger partial charge in [0.1, 0.15) is 13.2 Å². The molecular formula is C13H16BrNO3. The number of benzene rings is 1. The van der Waals surface area contributed by atoms with Crippen molar-refractivity contribution in [3.05, 3.63) is 16.6 Å². The lowest BCUT2D eigenvalue weighted by molar-refractivity contribution is 0.0876. The maximum absolute atomic E-state index is 5.59. The normalized spacial score (nSPS) is 22.6. The van der Waals surface area contributed by atoms with E-state index in [0.717, 1.165) is 47.7 Å². The van der Waals surface area contributed by atoms with Crippen LogP contribution in [0.15, 0.2) is 16.6 Å². The molecule has 1 fully saturated rings. The standard InChI is InChI=1S/C13H16BrNO3/c14-10-6-12-13(18-5-4-17-12)7-11(10)15-9-2-1-3-16-8-9/h6-7,9,15H,1-5,8H2. The SMILES string of the molecule is Brc1cc2c(cc1NC1CCCOC1)OCCO2. The lowest BCUT2D eigenvalue weighted by Crippen LogP contribution is -2.30. The number of anilines is 1. The number of halogens is 1. The summed E-state index contributed by atoms with van der Waals surface area (Å²) in [7, 11) is 0. The van der Waals surface area contributed by atoms with Crippen LogP contribution in [0.5, 0.6) is 11.5 Å². The summed E-state index contributed by atoms with van der Waals surface area (Å²) >= 11 is 3.56. The van der Waals surface area contributed by atoms with Crippen LogP contribution in [0.3, 0.4) is 0 Å². The Bertz CT molecular complexity index is 432. The van der Waals surface area contributed by atoms with E-state index in [9.17, 15) is 0 Å². The molecule has 1 saturated heterocycles. The zero-order chi connectivity index (χ0) is 12.4. The van der Waals surface area contributed by atoms with Gasteiger partial charge < -0.3 is 19.5 Å². The van der Waals surface area contributed by atoms with Crippen molar-refractivity contribution in [2.24, 2.45) is 0 Å². The van der Waals surface area contributed by atoms with E-state index < -0.39 is 0 Å². The van der Waals surface area contributed by atoms with Crippen molar-refractivity contribution < 1.29 is 14.2 Å². The topological polar surface area (TPSA) is 39.7 Å². The van der Waals surface area contributed by atoms with Crippen molar-refractivity contribution >= 4 is 21.6 Å². The summed E-state index contributed by atoms with van der Waals surface area (Å²) in [5.41, 5.74) is 1.04. The van der Waals surface area contributed by atoms with Gasteiger partial charge >= 0.3 is 0 Å². The molecule has 0 spiro atoms. The number of ether oxygens (including phenoxy) is 3. The van der Waals surface area contributed by atoms with E-state index in [4.69, 9.17) is 14.2 Å². The van der Waals surface area contributed by atoms with E-state index in [1.165, 1.54) is 0 Å². The van der Waals surface area contributed by atoms with Gasteiger partial charge in [0.2, 0.25) is 0 Å². The van der Waals surface area contributed by atoms with Crippen molar-refractivity contribution in [1.29, 1.82) is 0 Å². The molecule has 0 radical (unpaired) electrons. The van der Waals surface area contributed by atoms with Crippen molar-refractivity contribution in [1.82, 2.24) is 0 Å². The highest BCUT2D eigenvalue weighted by Crippen LogP contribution is 2.38. The Morgan fingerprint density at radius 1 is 1.11 bits per heavy atom. The maximum atomic E-state index is 5.59. The number of nitrogens with one attached hydrogen (secondary N) is 1. The summed E-state index contributed by atoms with van der Waals surface area (Å²) in [5, 5.41) is 3.49. The molecular weight excluding hydrogens is 298 g/mol. The van der Waals surface area contributed by atoms with E-state index in [2.05, 4.69) is 21.2 Å². The first-order valence-corrected chi connectivity index (χ1v) is 7.05. The highest BCUT2D eigenvalue weighted by Gasteiger charge is 2.18. The van der Waals surface area contributed by atoms with E-state index in [0.29, 0.717) is 19.3 Å². The third-order valence-electron chi connectivity index (χ3n) is 3.15. The fraction of sp³-hybridized carbons (Fsp3) is 0.538.